The van der Waals surface area contributed by atoms with Crippen LogP contribution in [0.25, 0.3) is 0 Å². The van der Waals surface area contributed by atoms with Crippen molar-refractivity contribution in [3.63, 3.8) is 0 Å². The smallest absolute Gasteiger partial charge is 0.289 e. The van der Waals surface area contributed by atoms with Crippen molar-refractivity contribution in [1.29, 1.82) is 0 Å². The zero-order chi connectivity index (χ0) is 17.9. The van der Waals surface area contributed by atoms with E-state index in [4.69, 9.17) is 4.42 Å². The summed E-state index contributed by atoms with van der Waals surface area (Å²) in [6.07, 6.45) is 2.91. The first-order valence-electron chi connectivity index (χ1n) is 7.25. The molecule has 9 heteroatoms. The van der Waals surface area contributed by atoms with Gasteiger partial charge in [0, 0.05) is 29.6 Å². The largest absolute Gasteiger partial charge is 0.472 e. The molecule has 0 N–H and O–H groups in total. The number of hydrogen-bond donors (Lipinski definition) is 0. The molecule has 2 aromatic heterocycles. The normalized spacial score (nSPS) is 11.7. The average Bonchev–Trinajstić information content (AvgIpc) is 3.28. The molecule has 2 heterocycles. The topological polar surface area (TPSA) is 93.7 Å². The number of rotatable bonds is 7. The monoisotopic (exact) mass is 378 g/mol. The first-order chi connectivity index (χ1) is 12.0. The van der Waals surface area contributed by atoms with E-state index in [0.717, 1.165) is 4.88 Å². The van der Waals surface area contributed by atoms with Gasteiger partial charge in [-0.15, -0.1) is 11.3 Å². The number of nitro benzene ring substituents is 1. The lowest BCUT2D eigenvalue weighted by atomic mass is 10.3. The summed E-state index contributed by atoms with van der Waals surface area (Å²) >= 11 is 1.42. The Bertz CT molecular complexity index is 914. The quantitative estimate of drug-likeness (QED) is 0.462. The van der Waals surface area contributed by atoms with Crippen molar-refractivity contribution in [2.75, 3.05) is 0 Å². The van der Waals surface area contributed by atoms with E-state index in [1.54, 1.807) is 6.07 Å². The van der Waals surface area contributed by atoms with E-state index in [1.807, 2.05) is 17.5 Å². The van der Waals surface area contributed by atoms with E-state index in [1.165, 1.54) is 52.4 Å². The lowest BCUT2D eigenvalue weighted by molar-refractivity contribution is -0.387. The number of para-hydroxylation sites is 1. The minimum atomic E-state index is -4.07. The molecule has 0 unspecified atom stereocenters. The summed E-state index contributed by atoms with van der Waals surface area (Å²) in [5, 5.41) is 13.1. The molecule has 130 valence electrons. The highest BCUT2D eigenvalue weighted by Gasteiger charge is 2.31. The van der Waals surface area contributed by atoms with Gasteiger partial charge in [0.1, 0.15) is 0 Å². The Labute approximate surface area is 148 Å². The van der Waals surface area contributed by atoms with Crippen LogP contribution < -0.4 is 0 Å². The molecule has 3 rings (SSSR count). The Hall–Kier alpha value is -2.49. The van der Waals surface area contributed by atoms with Crippen LogP contribution in [0.2, 0.25) is 0 Å². The third-order valence-electron chi connectivity index (χ3n) is 3.53. The molecule has 0 bridgehead atoms. The minimum absolute atomic E-state index is 0.0583. The number of nitro groups is 1. The number of thiophene rings is 1. The van der Waals surface area contributed by atoms with Crippen molar-refractivity contribution >= 4 is 27.0 Å². The molecule has 7 nitrogen and oxygen atoms in total. The first kappa shape index (κ1) is 17.3. The van der Waals surface area contributed by atoms with Crippen molar-refractivity contribution in [2.45, 2.75) is 18.0 Å². The third-order valence-corrected chi connectivity index (χ3v) is 6.23. The average molecular weight is 378 g/mol. The fourth-order valence-corrected chi connectivity index (χ4v) is 4.72. The number of hydrogen-bond acceptors (Lipinski definition) is 6. The lowest BCUT2D eigenvalue weighted by Gasteiger charge is -2.21. The van der Waals surface area contributed by atoms with Crippen LogP contribution in [0.3, 0.4) is 0 Å². The summed E-state index contributed by atoms with van der Waals surface area (Å²) in [7, 11) is -4.07. The Morgan fingerprint density at radius 1 is 1.12 bits per heavy atom. The SMILES string of the molecule is O=[N+]([O-])c1ccccc1S(=O)(=O)N(Cc1ccoc1)Cc1cccs1. The number of benzene rings is 1. The van der Waals surface area contributed by atoms with E-state index in [9.17, 15) is 18.5 Å². The molecule has 0 amide bonds. The molecule has 0 fully saturated rings. The van der Waals surface area contributed by atoms with Crippen molar-refractivity contribution in [1.82, 2.24) is 4.31 Å². The van der Waals surface area contributed by atoms with Crippen molar-refractivity contribution in [3.8, 4) is 0 Å². The molecule has 0 aliphatic carbocycles. The molecule has 0 aliphatic rings. The standard InChI is InChI=1S/C16H14N2O5S2/c19-18(20)15-5-1-2-6-16(15)25(21,22)17(10-13-7-8-23-12-13)11-14-4-3-9-24-14/h1-9,12H,10-11H2. The van der Waals surface area contributed by atoms with Gasteiger partial charge in [-0.25, -0.2) is 8.42 Å². The second kappa shape index (κ2) is 7.18. The third kappa shape index (κ3) is 3.78. The summed E-state index contributed by atoms with van der Waals surface area (Å²) in [5.74, 6) is 0. The molecule has 3 aromatic rings. The highest BCUT2D eigenvalue weighted by Crippen LogP contribution is 2.29. The molecular formula is C16H14N2O5S2. The molecule has 0 saturated heterocycles. The van der Waals surface area contributed by atoms with Crippen LogP contribution in [0.5, 0.6) is 0 Å². The van der Waals surface area contributed by atoms with Gasteiger partial charge in [-0.3, -0.25) is 10.1 Å². The number of nitrogens with zero attached hydrogens (tertiary/aromatic N) is 2. The summed E-state index contributed by atoms with van der Waals surface area (Å²) < 4.78 is 32.4. The zero-order valence-electron chi connectivity index (χ0n) is 12.9. The van der Waals surface area contributed by atoms with Gasteiger partial charge in [-0.2, -0.15) is 4.31 Å². The molecule has 0 radical (unpaired) electrons. The predicted molar refractivity (Wildman–Crippen MR) is 92.6 cm³/mol. The van der Waals surface area contributed by atoms with Gasteiger partial charge >= 0.3 is 0 Å². The maximum Gasteiger partial charge on any atom is 0.289 e. The Morgan fingerprint density at radius 3 is 2.56 bits per heavy atom. The minimum Gasteiger partial charge on any atom is -0.472 e. The molecule has 0 atom stereocenters. The molecule has 25 heavy (non-hydrogen) atoms. The van der Waals surface area contributed by atoms with Crippen molar-refractivity contribution < 1.29 is 17.8 Å². The van der Waals surface area contributed by atoms with Gasteiger partial charge in [0.2, 0.25) is 0 Å². The van der Waals surface area contributed by atoms with Crippen LogP contribution in [0, 0.1) is 10.1 Å². The first-order valence-corrected chi connectivity index (χ1v) is 9.57. The fraction of sp³-hybridized carbons (Fsp3) is 0.125. The summed E-state index contributed by atoms with van der Waals surface area (Å²) in [4.78, 5) is 11.1. The Kier molecular flexibility index (Phi) is 4.98. The highest BCUT2D eigenvalue weighted by molar-refractivity contribution is 7.89. The van der Waals surface area contributed by atoms with Gasteiger partial charge < -0.3 is 4.42 Å². The molecule has 0 aliphatic heterocycles. The summed E-state index contributed by atoms with van der Waals surface area (Å²) in [5.41, 5.74) is 0.226. The van der Waals surface area contributed by atoms with E-state index >= 15 is 0 Å². The van der Waals surface area contributed by atoms with E-state index in [0.29, 0.717) is 5.56 Å². The number of sulfonamides is 1. The van der Waals surface area contributed by atoms with Gasteiger partial charge in [0.05, 0.1) is 17.4 Å². The lowest BCUT2D eigenvalue weighted by Crippen LogP contribution is -2.30. The van der Waals surface area contributed by atoms with Crippen LogP contribution >= 0.6 is 11.3 Å². The van der Waals surface area contributed by atoms with Crippen molar-refractivity contribution in [3.05, 3.63) is 80.9 Å². The van der Waals surface area contributed by atoms with Crippen LogP contribution in [-0.2, 0) is 23.1 Å². The predicted octanol–water partition coefficient (Wildman–Crippen LogP) is 3.64. The van der Waals surface area contributed by atoms with Gasteiger partial charge in [-0.1, -0.05) is 18.2 Å². The van der Waals surface area contributed by atoms with Crippen LogP contribution in [0.4, 0.5) is 5.69 Å². The van der Waals surface area contributed by atoms with E-state index in [2.05, 4.69) is 0 Å². The van der Waals surface area contributed by atoms with Gasteiger partial charge in [0.25, 0.3) is 15.7 Å². The van der Waals surface area contributed by atoms with Crippen LogP contribution in [-0.4, -0.2) is 17.6 Å². The molecule has 1 aromatic carbocycles. The Balaban J connectivity index is 2.03. The number of furan rings is 1. The highest BCUT2D eigenvalue weighted by atomic mass is 32.2. The van der Waals surface area contributed by atoms with E-state index in [-0.39, 0.29) is 18.0 Å². The maximum atomic E-state index is 13.1. The molecule has 0 saturated carbocycles. The van der Waals surface area contributed by atoms with E-state index < -0.39 is 20.6 Å². The maximum absolute atomic E-state index is 13.1. The molecular weight excluding hydrogens is 364 g/mol. The fourth-order valence-electron chi connectivity index (χ4n) is 2.35. The zero-order valence-corrected chi connectivity index (χ0v) is 14.6. The second-order valence-electron chi connectivity index (χ2n) is 5.21. The summed E-state index contributed by atoms with van der Waals surface area (Å²) in [6, 6.07) is 10.7. The second-order valence-corrected chi connectivity index (χ2v) is 8.15. The van der Waals surface area contributed by atoms with Gasteiger partial charge in [-0.05, 0) is 23.6 Å². The molecule has 0 spiro atoms. The van der Waals surface area contributed by atoms with Gasteiger partial charge in [0.15, 0.2) is 4.90 Å². The van der Waals surface area contributed by atoms with Crippen LogP contribution in [0.15, 0.2) is 69.7 Å². The summed E-state index contributed by atoms with van der Waals surface area (Å²) in [6.45, 7) is 0.181. The van der Waals surface area contributed by atoms with Crippen LogP contribution in [0.1, 0.15) is 10.4 Å². The van der Waals surface area contributed by atoms with Crippen molar-refractivity contribution in [2.24, 2.45) is 0 Å². The Morgan fingerprint density at radius 2 is 1.92 bits per heavy atom.